The van der Waals surface area contributed by atoms with Crippen LogP contribution in [0.25, 0.3) is 10.8 Å². The molecule has 0 radical (unpaired) electrons. The van der Waals surface area contributed by atoms with Gasteiger partial charge in [0.2, 0.25) is 0 Å². The van der Waals surface area contributed by atoms with Gasteiger partial charge in [0.1, 0.15) is 5.75 Å². The molecule has 0 atom stereocenters. The molecular formula is C14H17NO. The molecule has 0 N–H and O–H groups in total. The summed E-state index contributed by atoms with van der Waals surface area (Å²) < 4.78 is 5.22. The molecule has 0 bridgehead atoms. The summed E-state index contributed by atoms with van der Waals surface area (Å²) >= 11 is 0. The Bertz CT molecular complexity index is 512. The minimum Gasteiger partial charge on any atom is -0.497 e. The fourth-order valence-corrected chi connectivity index (χ4v) is 1.88. The van der Waals surface area contributed by atoms with E-state index in [1.54, 1.807) is 7.11 Å². The summed E-state index contributed by atoms with van der Waals surface area (Å²) in [5.74, 6) is 0.875. The van der Waals surface area contributed by atoms with Gasteiger partial charge in [-0.2, -0.15) is 0 Å². The van der Waals surface area contributed by atoms with Crippen LogP contribution < -0.4 is 4.74 Å². The third-order valence-electron chi connectivity index (χ3n) is 2.77. The van der Waals surface area contributed by atoms with Crippen molar-refractivity contribution < 1.29 is 4.74 Å². The Kier molecular flexibility index (Phi) is 2.58. The average Bonchev–Trinajstić information content (AvgIpc) is 2.26. The van der Waals surface area contributed by atoms with E-state index in [0.29, 0.717) is 0 Å². The Hall–Kier alpha value is -1.57. The molecule has 1 aromatic heterocycles. The van der Waals surface area contributed by atoms with Gasteiger partial charge in [0.05, 0.1) is 7.11 Å². The van der Waals surface area contributed by atoms with Crippen molar-refractivity contribution in [2.24, 2.45) is 0 Å². The summed E-state index contributed by atoms with van der Waals surface area (Å²) in [5.41, 5.74) is 1.38. The van der Waals surface area contributed by atoms with Crippen LogP contribution in [0.3, 0.4) is 0 Å². The molecule has 2 nitrogen and oxygen atoms in total. The Morgan fingerprint density at radius 3 is 2.50 bits per heavy atom. The highest BCUT2D eigenvalue weighted by atomic mass is 16.5. The molecule has 0 saturated heterocycles. The Morgan fingerprint density at radius 2 is 1.88 bits per heavy atom. The second-order valence-corrected chi connectivity index (χ2v) is 5.02. The molecule has 1 aromatic carbocycles. The van der Waals surface area contributed by atoms with E-state index < -0.39 is 0 Å². The van der Waals surface area contributed by atoms with Crippen molar-refractivity contribution in [1.29, 1.82) is 0 Å². The van der Waals surface area contributed by atoms with Gasteiger partial charge in [0.15, 0.2) is 0 Å². The van der Waals surface area contributed by atoms with Crippen molar-refractivity contribution in [3.05, 3.63) is 36.2 Å². The number of methoxy groups -OCH3 is 1. The van der Waals surface area contributed by atoms with E-state index in [0.717, 1.165) is 11.1 Å². The molecule has 16 heavy (non-hydrogen) atoms. The van der Waals surface area contributed by atoms with Crippen LogP contribution in [0.15, 0.2) is 30.6 Å². The van der Waals surface area contributed by atoms with Crippen LogP contribution in [0.5, 0.6) is 5.75 Å². The Balaban J connectivity index is 2.70. The zero-order valence-electron chi connectivity index (χ0n) is 10.2. The summed E-state index contributed by atoms with van der Waals surface area (Å²) in [5, 5.41) is 2.38. The van der Waals surface area contributed by atoms with Crippen molar-refractivity contribution in [3.8, 4) is 5.75 Å². The largest absolute Gasteiger partial charge is 0.497 e. The van der Waals surface area contributed by atoms with Crippen molar-refractivity contribution in [3.63, 3.8) is 0 Å². The number of rotatable bonds is 1. The van der Waals surface area contributed by atoms with Gasteiger partial charge in [-0.3, -0.25) is 4.98 Å². The number of fused-ring (bicyclic) bond motifs is 1. The molecular weight excluding hydrogens is 198 g/mol. The predicted octanol–water partition coefficient (Wildman–Crippen LogP) is 3.54. The molecule has 0 aliphatic carbocycles. The quantitative estimate of drug-likeness (QED) is 0.726. The molecule has 0 amide bonds. The van der Waals surface area contributed by atoms with Crippen LogP contribution in [-0.4, -0.2) is 12.1 Å². The van der Waals surface area contributed by atoms with Gasteiger partial charge in [0, 0.05) is 17.8 Å². The summed E-state index contributed by atoms with van der Waals surface area (Å²) in [6.45, 7) is 6.61. The Labute approximate surface area is 96.3 Å². The third kappa shape index (κ3) is 1.87. The number of hydrogen-bond donors (Lipinski definition) is 0. The first-order valence-corrected chi connectivity index (χ1v) is 5.44. The van der Waals surface area contributed by atoms with Crippen molar-refractivity contribution >= 4 is 10.8 Å². The summed E-state index contributed by atoms with van der Waals surface area (Å²) in [4.78, 5) is 4.30. The lowest BCUT2D eigenvalue weighted by atomic mass is 9.85. The molecule has 84 valence electrons. The number of hydrogen-bond acceptors (Lipinski definition) is 2. The lowest BCUT2D eigenvalue weighted by molar-refractivity contribution is 0.415. The van der Waals surface area contributed by atoms with Crippen LogP contribution in [-0.2, 0) is 5.41 Å². The van der Waals surface area contributed by atoms with Gasteiger partial charge in [-0.05, 0) is 28.5 Å². The highest BCUT2D eigenvalue weighted by Gasteiger charge is 2.17. The number of pyridine rings is 1. The van der Waals surface area contributed by atoms with E-state index in [2.05, 4.69) is 31.8 Å². The van der Waals surface area contributed by atoms with Crippen molar-refractivity contribution in [2.45, 2.75) is 26.2 Å². The number of nitrogens with zero attached hydrogens (tertiary/aromatic N) is 1. The first kappa shape index (κ1) is 10.9. The number of benzene rings is 1. The van der Waals surface area contributed by atoms with Gasteiger partial charge in [-0.15, -0.1) is 0 Å². The van der Waals surface area contributed by atoms with Gasteiger partial charge in [-0.1, -0.05) is 26.8 Å². The van der Waals surface area contributed by atoms with E-state index in [-0.39, 0.29) is 5.41 Å². The molecule has 1 heterocycles. The number of aromatic nitrogens is 1. The standard InChI is InChI=1S/C14H17NO/c1-14(2,3)13-9-15-8-10-7-11(16-4)5-6-12(10)13/h5-9H,1-4H3. The van der Waals surface area contributed by atoms with Crippen molar-refractivity contribution in [1.82, 2.24) is 4.98 Å². The molecule has 0 spiro atoms. The normalized spacial score (nSPS) is 11.8. The zero-order valence-corrected chi connectivity index (χ0v) is 10.2. The minimum atomic E-state index is 0.112. The molecule has 2 aromatic rings. The minimum absolute atomic E-state index is 0.112. The van der Waals surface area contributed by atoms with Gasteiger partial charge < -0.3 is 4.74 Å². The van der Waals surface area contributed by atoms with Crippen LogP contribution in [0.4, 0.5) is 0 Å². The van der Waals surface area contributed by atoms with E-state index in [4.69, 9.17) is 4.74 Å². The highest BCUT2D eigenvalue weighted by Crippen LogP contribution is 2.30. The fourth-order valence-electron chi connectivity index (χ4n) is 1.88. The molecule has 2 heteroatoms. The average molecular weight is 215 g/mol. The molecule has 0 aliphatic rings. The second kappa shape index (κ2) is 3.78. The Morgan fingerprint density at radius 1 is 1.12 bits per heavy atom. The van der Waals surface area contributed by atoms with Crippen LogP contribution in [0.2, 0.25) is 0 Å². The fraction of sp³-hybridized carbons (Fsp3) is 0.357. The summed E-state index contributed by atoms with van der Waals surface area (Å²) in [6, 6.07) is 6.13. The number of ether oxygens (including phenoxy) is 1. The maximum absolute atomic E-state index is 5.22. The summed E-state index contributed by atoms with van der Waals surface area (Å²) in [7, 11) is 1.68. The van der Waals surface area contributed by atoms with Crippen LogP contribution in [0, 0.1) is 0 Å². The van der Waals surface area contributed by atoms with Crippen LogP contribution >= 0.6 is 0 Å². The topological polar surface area (TPSA) is 22.1 Å². The van der Waals surface area contributed by atoms with Gasteiger partial charge in [0.25, 0.3) is 0 Å². The molecule has 0 aliphatic heterocycles. The third-order valence-corrected chi connectivity index (χ3v) is 2.77. The molecule has 0 unspecified atom stereocenters. The smallest absolute Gasteiger partial charge is 0.119 e. The lowest BCUT2D eigenvalue weighted by Crippen LogP contribution is -2.12. The second-order valence-electron chi connectivity index (χ2n) is 5.02. The highest BCUT2D eigenvalue weighted by molar-refractivity contribution is 5.86. The van der Waals surface area contributed by atoms with Crippen LogP contribution in [0.1, 0.15) is 26.3 Å². The van der Waals surface area contributed by atoms with Gasteiger partial charge in [-0.25, -0.2) is 0 Å². The van der Waals surface area contributed by atoms with E-state index in [1.165, 1.54) is 10.9 Å². The zero-order chi connectivity index (χ0) is 11.8. The predicted molar refractivity (Wildman–Crippen MR) is 67.0 cm³/mol. The van der Waals surface area contributed by atoms with E-state index in [9.17, 15) is 0 Å². The molecule has 2 rings (SSSR count). The first-order valence-electron chi connectivity index (χ1n) is 5.44. The SMILES string of the molecule is COc1ccc2c(C(C)(C)C)cncc2c1. The van der Waals surface area contributed by atoms with Gasteiger partial charge >= 0.3 is 0 Å². The lowest BCUT2D eigenvalue weighted by Gasteiger charge is -2.20. The monoisotopic (exact) mass is 215 g/mol. The molecule has 0 fully saturated rings. The van der Waals surface area contributed by atoms with Crippen molar-refractivity contribution in [2.75, 3.05) is 7.11 Å². The first-order chi connectivity index (χ1) is 7.52. The summed E-state index contributed by atoms with van der Waals surface area (Å²) in [6.07, 6.45) is 3.84. The molecule has 0 saturated carbocycles. The van der Waals surface area contributed by atoms with E-state index in [1.807, 2.05) is 24.5 Å². The maximum atomic E-state index is 5.22. The maximum Gasteiger partial charge on any atom is 0.119 e. The van der Waals surface area contributed by atoms with E-state index >= 15 is 0 Å².